The number of amides is 4. The summed E-state index contributed by atoms with van der Waals surface area (Å²) in [5.74, 6) is -0.796. The molecule has 57 heavy (non-hydrogen) atoms. The van der Waals surface area contributed by atoms with Crippen LogP contribution >= 0.6 is 7.82 Å². The molecular weight excluding hydrogens is 769 g/mol. The number of carbonyl (C=O) groups excluding carboxylic acids is 4. The first-order valence-electron chi connectivity index (χ1n) is 18.1. The van der Waals surface area contributed by atoms with E-state index in [9.17, 15) is 33.5 Å². The van der Waals surface area contributed by atoms with Crippen molar-refractivity contribution in [2.45, 2.75) is 51.1 Å². The van der Waals surface area contributed by atoms with Crippen LogP contribution in [0.4, 0.5) is 4.79 Å². The number of benzene rings is 3. The maximum Gasteiger partial charge on any atom is 1.00 e. The van der Waals surface area contributed by atoms with Gasteiger partial charge in [0.1, 0.15) is 25.8 Å². The molecule has 0 bridgehead atoms. The number of hydrogen-bond acceptors (Lipinski definition) is 9. The van der Waals surface area contributed by atoms with Crippen LogP contribution in [0.1, 0.15) is 39.9 Å². The second-order valence-electron chi connectivity index (χ2n) is 14.0. The van der Waals surface area contributed by atoms with Crippen LogP contribution in [-0.4, -0.2) is 79.9 Å². The summed E-state index contributed by atoms with van der Waals surface area (Å²) in [6, 6.07) is 19.2. The van der Waals surface area contributed by atoms with Crippen molar-refractivity contribution < 1.29 is 97.2 Å². The van der Waals surface area contributed by atoms with Crippen LogP contribution in [0.25, 0.3) is 10.9 Å². The van der Waals surface area contributed by atoms with E-state index in [4.69, 9.17) is 0 Å². The van der Waals surface area contributed by atoms with Crippen LogP contribution in [0.3, 0.4) is 0 Å². The summed E-state index contributed by atoms with van der Waals surface area (Å²) in [6.45, 7) is 8.51. The Labute approximate surface area is 375 Å². The Kier molecular flexibility index (Phi) is 14.9. The summed E-state index contributed by atoms with van der Waals surface area (Å²) >= 11 is 0. The molecule has 3 aromatic carbocycles. The molecule has 286 valence electrons. The van der Waals surface area contributed by atoms with Crippen molar-refractivity contribution in [2.24, 2.45) is 5.92 Å². The van der Waals surface area contributed by atoms with E-state index in [1.807, 2.05) is 59.3 Å². The predicted octanol–water partition coefficient (Wildman–Crippen LogP) is -2.63. The van der Waals surface area contributed by atoms with Gasteiger partial charge in [0.15, 0.2) is 5.78 Å². The number of carbonyl (C=O) groups is 4. The van der Waals surface area contributed by atoms with Gasteiger partial charge < -0.3 is 38.6 Å². The molecule has 3 aliphatic rings. The van der Waals surface area contributed by atoms with E-state index in [2.05, 4.69) is 23.0 Å². The molecule has 0 spiro atoms. The molecular formula is C40H41N6Na2O8P. The second-order valence-corrected chi connectivity index (χ2v) is 15.0. The van der Waals surface area contributed by atoms with Crippen LogP contribution in [0.5, 0.6) is 5.75 Å². The molecule has 14 nitrogen and oxygen atoms in total. The molecule has 0 unspecified atom stereocenters. The maximum absolute atomic E-state index is 14.7. The third-order valence-corrected chi connectivity index (χ3v) is 10.6. The number of allylic oxidation sites excluding steroid dienone is 1. The fraction of sp³-hybridized carbons (Fsp3) is 0.300. The molecule has 2 aliphatic heterocycles. The Morgan fingerprint density at radius 3 is 2.26 bits per heavy atom. The summed E-state index contributed by atoms with van der Waals surface area (Å²) in [5.41, 5.74) is 3.65. The summed E-state index contributed by atoms with van der Waals surface area (Å²) in [6.07, 6.45) is 6.03. The minimum atomic E-state index is -5.30. The van der Waals surface area contributed by atoms with Gasteiger partial charge in [0.05, 0.1) is 18.6 Å². The van der Waals surface area contributed by atoms with Gasteiger partial charge in [-0.3, -0.25) is 14.4 Å². The second kappa shape index (κ2) is 19.0. The number of nitrogens with one attached hydrogen (secondary N) is 1. The third-order valence-electron chi connectivity index (χ3n) is 10.1. The minimum absolute atomic E-state index is 0. The first kappa shape index (κ1) is 44.6. The first-order chi connectivity index (χ1) is 26.5. The number of Topliss-reactive ketones (excluding diaryl/α,β-unsaturated/α-hetero) is 1. The molecule has 3 fully saturated rings. The largest absolute Gasteiger partial charge is 1.00 e. The molecule has 1 aromatic heterocycles. The van der Waals surface area contributed by atoms with Gasteiger partial charge in [0.25, 0.3) is 0 Å². The van der Waals surface area contributed by atoms with Crippen LogP contribution < -0.4 is 78.7 Å². The number of aromatic nitrogens is 1. The number of hydrazine groups is 1. The van der Waals surface area contributed by atoms with E-state index < -0.39 is 26.1 Å². The quantitative estimate of drug-likeness (QED) is 0.0620. The summed E-state index contributed by atoms with van der Waals surface area (Å²) in [4.78, 5) is 81.8. The normalized spacial score (nSPS) is 18.3. The van der Waals surface area contributed by atoms with Gasteiger partial charge in [-0.2, -0.15) is 0 Å². The van der Waals surface area contributed by atoms with Crippen molar-refractivity contribution in [3.8, 4) is 5.75 Å². The Hall–Kier alpha value is -3.53. The molecule has 1 N–H and O–H groups in total. The zero-order valence-corrected chi connectivity index (χ0v) is 37.0. The first-order valence-corrected chi connectivity index (χ1v) is 19.5. The number of urea groups is 1. The van der Waals surface area contributed by atoms with Gasteiger partial charge in [-0.15, -0.1) is 13.2 Å². The topological polar surface area (TPSA) is 171 Å². The third kappa shape index (κ3) is 10.0. The van der Waals surface area contributed by atoms with Gasteiger partial charge in [-0.25, -0.2) is 14.8 Å². The van der Waals surface area contributed by atoms with E-state index >= 15 is 0 Å². The maximum atomic E-state index is 14.7. The van der Waals surface area contributed by atoms with E-state index in [0.717, 1.165) is 34.9 Å². The van der Waals surface area contributed by atoms with E-state index in [0.29, 0.717) is 17.7 Å². The number of nitrogens with zero attached hydrogens (tertiary/aromatic N) is 5. The van der Waals surface area contributed by atoms with E-state index in [1.165, 1.54) is 34.2 Å². The number of hydrogen-bond donors (Lipinski definition) is 1. The van der Waals surface area contributed by atoms with Crippen LogP contribution in [0.2, 0.25) is 0 Å². The number of rotatable bonds is 14. The monoisotopic (exact) mass is 810 g/mol. The average Bonchev–Trinajstić information content (AvgIpc) is 3.94. The molecule has 2 atom stereocenters. The molecule has 0 radical (unpaired) electrons. The van der Waals surface area contributed by atoms with Gasteiger partial charge in [-0.1, -0.05) is 72.8 Å². The molecule has 1 saturated carbocycles. The van der Waals surface area contributed by atoms with Crippen LogP contribution in [0.15, 0.2) is 104 Å². The fourth-order valence-corrected chi connectivity index (χ4v) is 7.93. The standard InChI is InChI=1S/C40H43N6O8P.2Na/c1-3-19-42-24-33(38(48)29-15-16-29)32-12-8-11-30(37(32)42)23-43-25-35-45(34(39(43)49)21-27-13-17-31(18-14-27)54-55(51,52)53)36(47)26-44(20-4-2)46(35)40(50)41-22-28-9-6-5-7-10-28;;/h3-14,17-18,24,29,34-35H,1-2,15-16,19-23,25-26H2,(H,41,50)(H2,51,52,53);;/q;2*+1/p-2/t34-,35-;;/m0../s1. The Morgan fingerprint density at radius 1 is 0.912 bits per heavy atom. The average molecular weight is 811 g/mol. The Bertz CT molecular complexity index is 2190. The molecule has 4 aromatic rings. The van der Waals surface area contributed by atoms with Crippen molar-refractivity contribution in [3.05, 3.63) is 127 Å². The molecule has 1 aliphatic carbocycles. The summed E-state index contributed by atoms with van der Waals surface area (Å²) in [7, 11) is -5.30. The van der Waals surface area contributed by atoms with Gasteiger partial charge in [0.2, 0.25) is 11.8 Å². The molecule has 17 heteroatoms. The number of ketones is 1. The van der Waals surface area contributed by atoms with Gasteiger partial charge in [0, 0.05) is 55.7 Å². The molecule has 2 saturated heterocycles. The van der Waals surface area contributed by atoms with Crippen molar-refractivity contribution in [3.63, 3.8) is 0 Å². The number of phosphoric ester groups is 1. The van der Waals surface area contributed by atoms with Crippen LogP contribution in [0, 0.1) is 5.92 Å². The van der Waals surface area contributed by atoms with Crippen molar-refractivity contribution in [2.75, 3.05) is 19.6 Å². The number of piperazine rings is 1. The van der Waals surface area contributed by atoms with Crippen LogP contribution in [-0.2, 0) is 40.2 Å². The smallest absolute Gasteiger partial charge is 0.780 e. The Balaban J connectivity index is 0.00000310. The molecule has 7 rings (SSSR count). The SMILES string of the molecule is C=CCN1CC(=O)N2[C@@H](Cc3ccc(OP(=O)([O-])[O-])cc3)C(=O)N(Cc3cccc4c(C(=O)C5CC5)cn(CC=C)c34)C[C@@H]2N1C(=O)NCc1ccccc1.[Na+].[Na+]. The Morgan fingerprint density at radius 2 is 1.61 bits per heavy atom. The minimum Gasteiger partial charge on any atom is -0.780 e. The van der Waals surface area contributed by atoms with Crippen molar-refractivity contribution >= 4 is 42.4 Å². The van der Waals surface area contributed by atoms with E-state index in [1.54, 1.807) is 22.1 Å². The van der Waals surface area contributed by atoms with Crippen molar-refractivity contribution in [1.82, 2.24) is 29.7 Å². The zero-order chi connectivity index (χ0) is 38.9. The summed E-state index contributed by atoms with van der Waals surface area (Å²) < 4.78 is 17.7. The predicted molar refractivity (Wildman–Crippen MR) is 200 cm³/mol. The molecule has 3 heterocycles. The number of fused-ring (bicyclic) bond motifs is 2. The zero-order valence-electron chi connectivity index (χ0n) is 32.1. The summed E-state index contributed by atoms with van der Waals surface area (Å²) in [5, 5.41) is 6.87. The molecule has 4 amide bonds. The number of phosphoric acid groups is 1. The van der Waals surface area contributed by atoms with Gasteiger partial charge in [-0.05, 0) is 41.7 Å². The van der Waals surface area contributed by atoms with Gasteiger partial charge >= 0.3 is 65.1 Å². The number of para-hydroxylation sites is 1. The fourth-order valence-electron chi connectivity index (χ4n) is 7.55. The van der Waals surface area contributed by atoms with E-state index in [-0.39, 0.29) is 128 Å². The van der Waals surface area contributed by atoms with Crippen molar-refractivity contribution in [1.29, 1.82) is 0 Å².